The van der Waals surface area contributed by atoms with E-state index in [2.05, 4.69) is 6.58 Å². The van der Waals surface area contributed by atoms with E-state index in [-0.39, 0.29) is 19.8 Å². The van der Waals surface area contributed by atoms with Crippen LogP contribution in [0.3, 0.4) is 0 Å². The fourth-order valence-electron chi connectivity index (χ4n) is 3.57. The average Bonchev–Trinajstić information content (AvgIpc) is 2.87. The minimum atomic E-state index is -1.43. The van der Waals surface area contributed by atoms with E-state index in [9.17, 15) is 19.1 Å². The molecular weight excluding hydrogens is 455 g/mol. The van der Waals surface area contributed by atoms with Crippen molar-refractivity contribution in [2.75, 3.05) is 13.2 Å². The van der Waals surface area contributed by atoms with Crippen molar-refractivity contribution in [3.8, 4) is 0 Å². The van der Waals surface area contributed by atoms with E-state index >= 15 is 0 Å². The number of halogens is 1. The first-order valence-electron chi connectivity index (χ1n) is 11.1. The van der Waals surface area contributed by atoms with Crippen LogP contribution in [0.4, 0.5) is 4.39 Å². The molecule has 3 aromatic rings. The standard InChI is InChI=1S/C26H29FN2O6/c1-3-26(18-33-16-20-10-6-4-7-11-20,23(15-30)34-17-21-12-8-5-9-13-21)35-19(2)29-14-22(27)24(31)28-25(29)32/h3-14,19,23,30H,1,15-18H2,2H3,(H,28,31,32)/t19-,23+,26-/m1/s1. The summed E-state index contributed by atoms with van der Waals surface area (Å²) in [6, 6.07) is 18.8. The van der Waals surface area contributed by atoms with Gasteiger partial charge < -0.3 is 19.3 Å². The van der Waals surface area contributed by atoms with Gasteiger partial charge in [-0.25, -0.2) is 4.79 Å². The van der Waals surface area contributed by atoms with Gasteiger partial charge in [0.1, 0.15) is 17.9 Å². The lowest BCUT2D eigenvalue weighted by Gasteiger charge is -2.39. The Hall–Kier alpha value is -3.37. The van der Waals surface area contributed by atoms with E-state index in [0.29, 0.717) is 0 Å². The third-order valence-corrected chi connectivity index (χ3v) is 5.50. The van der Waals surface area contributed by atoms with Crippen LogP contribution in [0.2, 0.25) is 0 Å². The number of nitrogens with one attached hydrogen (secondary N) is 1. The van der Waals surface area contributed by atoms with Gasteiger partial charge in [0.05, 0.1) is 32.6 Å². The molecule has 3 atom stereocenters. The summed E-state index contributed by atoms with van der Waals surface area (Å²) in [6.45, 7) is 5.25. The maximum atomic E-state index is 13.9. The largest absolute Gasteiger partial charge is 0.394 e. The van der Waals surface area contributed by atoms with Crippen LogP contribution in [0.25, 0.3) is 0 Å². The van der Waals surface area contributed by atoms with Gasteiger partial charge in [0, 0.05) is 0 Å². The van der Waals surface area contributed by atoms with Crippen LogP contribution >= 0.6 is 0 Å². The molecule has 0 spiro atoms. The zero-order chi connectivity index (χ0) is 25.3. The van der Waals surface area contributed by atoms with Gasteiger partial charge in [0.15, 0.2) is 0 Å². The molecule has 0 aliphatic rings. The number of ether oxygens (including phenoxy) is 3. The van der Waals surface area contributed by atoms with Crippen molar-refractivity contribution in [3.05, 3.63) is 117 Å². The van der Waals surface area contributed by atoms with Crippen LogP contribution in [0.1, 0.15) is 24.3 Å². The first-order valence-corrected chi connectivity index (χ1v) is 11.1. The minimum Gasteiger partial charge on any atom is -0.394 e. The van der Waals surface area contributed by atoms with Crippen LogP contribution in [0.15, 0.2) is 89.1 Å². The third kappa shape index (κ3) is 6.83. The lowest BCUT2D eigenvalue weighted by molar-refractivity contribution is -0.200. The second-order valence-corrected chi connectivity index (χ2v) is 7.97. The molecule has 0 amide bonds. The number of nitrogens with zero attached hydrogens (tertiary/aromatic N) is 1. The normalized spacial score (nSPS) is 14.7. The van der Waals surface area contributed by atoms with Gasteiger partial charge in [0.2, 0.25) is 5.82 Å². The zero-order valence-electron chi connectivity index (χ0n) is 19.4. The van der Waals surface area contributed by atoms with Crippen molar-refractivity contribution in [2.24, 2.45) is 0 Å². The molecule has 1 heterocycles. The van der Waals surface area contributed by atoms with Crippen LogP contribution in [-0.2, 0) is 27.4 Å². The number of H-pyrrole nitrogens is 1. The summed E-state index contributed by atoms with van der Waals surface area (Å²) in [4.78, 5) is 25.6. The Labute approximate surface area is 202 Å². The van der Waals surface area contributed by atoms with Crippen molar-refractivity contribution in [2.45, 2.75) is 38.1 Å². The number of hydrogen-bond donors (Lipinski definition) is 2. The highest BCUT2D eigenvalue weighted by molar-refractivity contribution is 5.15. The maximum Gasteiger partial charge on any atom is 0.330 e. The minimum absolute atomic E-state index is 0.0870. The summed E-state index contributed by atoms with van der Waals surface area (Å²) in [7, 11) is 0. The van der Waals surface area contributed by atoms with E-state index in [1.54, 1.807) is 0 Å². The van der Waals surface area contributed by atoms with Crippen LogP contribution in [-0.4, -0.2) is 39.6 Å². The van der Waals surface area contributed by atoms with Crippen LogP contribution in [0.5, 0.6) is 0 Å². The fourth-order valence-corrected chi connectivity index (χ4v) is 3.57. The molecule has 3 rings (SSSR count). The Morgan fingerprint density at radius 1 is 1.09 bits per heavy atom. The SMILES string of the molecule is C=C[C@](COCc1ccccc1)(O[C@H](C)n1cc(F)c(=O)[nH]c1=O)[C@H](CO)OCc1ccccc1. The van der Waals surface area contributed by atoms with E-state index in [1.165, 1.54) is 13.0 Å². The molecule has 0 unspecified atom stereocenters. The maximum absolute atomic E-state index is 13.9. The third-order valence-electron chi connectivity index (χ3n) is 5.50. The van der Waals surface area contributed by atoms with Gasteiger partial charge in [-0.3, -0.25) is 14.3 Å². The summed E-state index contributed by atoms with van der Waals surface area (Å²) in [5, 5.41) is 10.2. The van der Waals surface area contributed by atoms with Crippen LogP contribution < -0.4 is 11.2 Å². The fraction of sp³-hybridized carbons (Fsp3) is 0.308. The Morgan fingerprint density at radius 3 is 2.26 bits per heavy atom. The van der Waals surface area contributed by atoms with E-state index in [0.717, 1.165) is 21.9 Å². The molecule has 0 radical (unpaired) electrons. The first kappa shape index (κ1) is 26.2. The molecule has 0 fully saturated rings. The second-order valence-electron chi connectivity index (χ2n) is 7.97. The quantitative estimate of drug-likeness (QED) is 0.362. The highest BCUT2D eigenvalue weighted by Crippen LogP contribution is 2.28. The molecule has 35 heavy (non-hydrogen) atoms. The molecule has 0 saturated carbocycles. The number of benzene rings is 2. The average molecular weight is 485 g/mol. The van der Waals surface area contributed by atoms with Gasteiger partial charge in [-0.05, 0) is 18.1 Å². The highest BCUT2D eigenvalue weighted by Gasteiger charge is 2.40. The first-order chi connectivity index (χ1) is 16.9. The number of rotatable bonds is 13. The topological polar surface area (TPSA) is 103 Å². The number of hydrogen-bond acceptors (Lipinski definition) is 6. The second kappa shape index (κ2) is 12.4. The van der Waals surface area contributed by atoms with Crippen molar-refractivity contribution in [3.63, 3.8) is 0 Å². The van der Waals surface area contributed by atoms with Gasteiger partial charge in [-0.1, -0.05) is 66.7 Å². The Bertz CT molecular complexity index is 1200. The Morgan fingerprint density at radius 2 is 1.69 bits per heavy atom. The molecule has 186 valence electrons. The van der Waals surface area contributed by atoms with Crippen molar-refractivity contribution < 1.29 is 23.7 Å². The van der Waals surface area contributed by atoms with Gasteiger partial charge in [0.25, 0.3) is 5.56 Å². The van der Waals surface area contributed by atoms with Gasteiger partial charge in [-0.2, -0.15) is 4.39 Å². The number of aromatic amines is 1. The summed E-state index contributed by atoms with van der Waals surface area (Å²) < 4.78 is 32.9. The number of aliphatic hydroxyl groups excluding tert-OH is 1. The molecule has 0 saturated heterocycles. The van der Waals surface area contributed by atoms with Gasteiger partial charge >= 0.3 is 5.69 Å². The molecular formula is C26H29FN2O6. The lowest BCUT2D eigenvalue weighted by atomic mass is 9.97. The summed E-state index contributed by atoms with van der Waals surface area (Å²) in [5.74, 6) is -1.14. The molecule has 0 bridgehead atoms. The monoisotopic (exact) mass is 484 g/mol. The lowest BCUT2D eigenvalue weighted by Crippen LogP contribution is -2.52. The Balaban J connectivity index is 1.87. The molecule has 2 N–H and O–H groups in total. The summed E-state index contributed by atoms with van der Waals surface area (Å²) >= 11 is 0. The molecule has 8 nitrogen and oxygen atoms in total. The smallest absolute Gasteiger partial charge is 0.330 e. The number of aromatic nitrogens is 2. The Kier molecular flexibility index (Phi) is 9.27. The van der Waals surface area contributed by atoms with Crippen molar-refractivity contribution in [1.29, 1.82) is 0 Å². The summed E-state index contributed by atoms with van der Waals surface area (Å²) in [6.07, 6.45) is 0.194. The van der Waals surface area contributed by atoms with Crippen LogP contribution in [0, 0.1) is 5.82 Å². The predicted octanol–water partition coefficient (Wildman–Crippen LogP) is 2.93. The molecule has 0 aliphatic heterocycles. The van der Waals surface area contributed by atoms with E-state index in [4.69, 9.17) is 14.2 Å². The molecule has 9 heteroatoms. The highest BCUT2D eigenvalue weighted by atomic mass is 19.1. The van der Waals surface area contributed by atoms with Crippen molar-refractivity contribution in [1.82, 2.24) is 9.55 Å². The molecule has 2 aromatic carbocycles. The zero-order valence-corrected chi connectivity index (χ0v) is 19.4. The predicted molar refractivity (Wildman–Crippen MR) is 128 cm³/mol. The van der Waals surface area contributed by atoms with E-state index < -0.39 is 41.6 Å². The molecule has 1 aromatic heterocycles. The van der Waals surface area contributed by atoms with Crippen molar-refractivity contribution >= 4 is 0 Å². The van der Waals surface area contributed by atoms with Gasteiger partial charge in [-0.15, -0.1) is 6.58 Å². The molecule has 0 aliphatic carbocycles. The summed E-state index contributed by atoms with van der Waals surface area (Å²) in [5.41, 5.74) is -1.61. The number of aliphatic hydroxyl groups is 1. The van der Waals surface area contributed by atoms with E-state index in [1.807, 2.05) is 65.6 Å².